The van der Waals surface area contributed by atoms with Gasteiger partial charge in [-0.05, 0) is 19.5 Å². The quantitative estimate of drug-likeness (QED) is 0.791. The van der Waals surface area contributed by atoms with Crippen molar-refractivity contribution in [1.29, 1.82) is 0 Å². The van der Waals surface area contributed by atoms with Crippen LogP contribution in [0.15, 0.2) is 0 Å². The molecular weight excluding hydrogens is 250 g/mol. The van der Waals surface area contributed by atoms with Gasteiger partial charge < -0.3 is 10.4 Å². The zero-order valence-electron chi connectivity index (χ0n) is 10.8. The maximum Gasteiger partial charge on any atom is 0.205 e. The fraction of sp³-hybridized carbons (Fsp3) is 0.818. The largest absolute Gasteiger partial charge is 0.395 e. The third-order valence-corrected chi connectivity index (χ3v) is 4.06. The molecule has 6 nitrogen and oxygen atoms in total. The zero-order chi connectivity index (χ0) is 12.8. The molecule has 18 heavy (non-hydrogen) atoms. The molecule has 0 aliphatic carbocycles. The van der Waals surface area contributed by atoms with Crippen molar-refractivity contribution in [3.05, 3.63) is 5.01 Å². The lowest BCUT2D eigenvalue weighted by molar-refractivity contribution is 0.196. The van der Waals surface area contributed by atoms with Crippen LogP contribution < -0.4 is 5.32 Å². The van der Waals surface area contributed by atoms with E-state index in [0.29, 0.717) is 0 Å². The second-order valence-electron chi connectivity index (χ2n) is 4.45. The van der Waals surface area contributed by atoms with E-state index in [4.69, 9.17) is 5.11 Å². The molecule has 0 bridgehead atoms. The first-order valence-electron chi connectivity index (χ1n) is 6.37. The molecule has 0 saturated carbocycles. The van der Waals surface area contributed by atoms with Crippen LogP contribution in [0.25, 0.3) is 0 Å². The van der Waals surface area contributed by atoms with E-state index in [2.05, 4.69) is 25.3 Å². The Labute approximate surface area is 112 Å². The van der Waals surface area contributed by atoms with Gasteiger partial charge in [-0.25, -0.2) is 0 Å². The monoisotopic (exact) mass is 271 g/mol. The van der Waals surface area contributed by atoms with Crippen LogP contribution >= 0.6 is 11.3 Å². The lowest BCUT2D eigenvalue weighted by Gasteiger charge is -2.20. The molecule has 1 aliphatic rings. The maximum absolute atomic E-state index is 8.96. The van der Waals surface area contributed by atoms with Crippen LogP contribution in [0.2, 0.25) is 0 Å². The Hall–Kier alpha value is -0.760. The number of nitrogens with one attached hydrogen (secondary N) is 1. The average molecular weight is 271 g/mol. The highest BCUT2D eigenvalue weighted by molar-refractivity contribution is 7.15. The summed E-state index contributed by atoms with van der Waals surface area (Å²) < 4.78 is 0. The van der Waals surface area contributed by atoms with Gasteiger partial charge in [0.25, 0.3) is 0 Å². The van der Waals surface area contributed by atoms with Crippen molar-refractivity contribution in [2.45, 2.75) is 13.0 Å². The topological polar surface area (TPSA) is 64.5 Å². The van der Waals surface area contributed by atoms with Gasteiger partial charge in [-0.3, -0.25) is 9.80 Å². The summed E-state index contributed by atoms with van der Waals surface area (Å²) in [5.74, 6) is 0. The summed E-state index contributed by atoms with van der Waals surface area (Å²) in [7, 11) is 1.86. The average Bonchev–Trinajstić information content (AvgIpc) is 2.71. The van der Waals surface area contributed by atoms with Gasteiger partial charge in [-0.2, -0.15) is 0 Å². The lowest BCUT2D eigenvalue weighted by atomic mass is 10.4. The molecule has 2 heterocycles. The molecule has 0 spiro atoms. The Morgan fingerprint density at radius 1 is 1.22 bits per heavy atom. The molecule has 0 aromatic carbocycles. The normalized spacial score (nSPS) is 18.8. The van der Waals surface area contributed by atoms with Crippen molar-refractivity contribution in [3.63, 3.8) is 0 Å². The molecule has 1 fully saturated rings. The van der Waals surface area contributed by atoms with Crippen molar-refractivity contribution < 1.29 is 5.11 Å². The number of β-amino-alcohol motifs (C(OH)–C–C–N with tert-alkyl or cyclic N) is 1. The summed E-state index contributed by atoms with van der Waals surface area (Å²) >= 11 is 1.62. The van der Waals surface area contributed by atoms with E-state index in [1.54, 1.807) is 11.3 Å². The molecule has 1 saturated heterocycles. The van der Waals surface area contributed by atoms with Gasteiger partial charge in [0.2, 0.25) is 5.13 Å². The third kappa shape index (κ3) is 3.88. The first-order chi connectivity index (χ1) is 8.81. The highest BCUT2D eigenvalue weighted by atomic mass is 32.1. The van der Waals surface area contributed by atoms with Crippen LogP contribution in [0.1, 0.15) is 11.4 Å². The van der Waals surface area contributed by atoms with Gasteiger partial charge in [0.05, 0.1) is 13.2 Å². The smallest absolute Gasteiger partial charge is 0.205 e. The van der Waals surface area contributed by atoms with Gasteiger partial charge >= 0.3 is 0 Å². The molecular formula is C11H21N5OS. The first kappa shape index (κ1) is 13.7. The van der Waals surface area contributed by atoms with Crippen molar-refractivity contribution in [1.82, 2.24) is 20.0 Å². The minimum absolute atomic E-state index is 0.252. The number of anilines is 1. The molecule has 2 N–H and O–H groups in total. The maximum atomic E-state index is 8.96. The van der Waals surface area contributed by atoms with Crippen LogP contribution in [0, 0.1) is 0 Å². The number of rotatable bonds is 5. The summed E-state index contributed by atoms with van der Waals surface area (Å²) in [6.45, 7) is 6.16. The van der Waals surface area contributed by atoms with Crippen molar-refractivity contribution >= 4 is 16.5 Å². The van der Waals surface area contributed by atoms with Crippen LogP contribution in [0.3, 0.4) is 0 Å². The van der Waals surface area contributed by atoms with Crippen LogP contribution in [0.5, 0.6) is 0 Å². The number of aliphatic hydroxyl groups excluding tert-OH is 1. The van der Waals surface area contributed by atoms with Crippen molar-refractivity contribution in [2.75, 3.05) is 51.7 Å². The molecule has 0 atom stereocenters. The number of aliphatic hydroxyl groups is 1. The minimum Gasteiger partial charge on any atom is -0.395 e. The van der Waals surface area contributed by atoms with Crippen LogP contribution in [-0.4, -0.2) is 71.5 Å². The van der Waals surface area contributed by atoms with Gasteiger partial charge in [-0.15, -0.1) is 10.2 Å². The minimum atomic E-state index is 0.252. The number of hydrogen-bond donors (Lipinski definition) is 2. The molecule has 7 heteroatoms. The van der Waals surface area contributed by atoms with E-state index in [0.717, 1.165) is 55.8 Å². The highest BCUT2D eigenvalue weighted by Gasteiger charge is 2.16. The summed E-state index contributed by atoms with van der Waals surface area (Å²) in [6, 6.07) is 0. The Morgan fingerprint density at radius 2 is 2.00 bits per heavy atom. The van der Waals surface area contributed by atoms with Gasteiger partial charge in [0.15, 0.2) is 0 Å². The second kappa shape index (κ2) is 6.98. The second-order valence-corrected chi connectivity index (χ2v) is 5.51. The SMILES string of the molecule is CNc1nnc(CN2CCCN(CCO)CC2)s1. The van der Waals surface area contributed by atoms with Gasteiger partial charge in [0, 0.05) is 26.7 Å². The number of aromatic nitrogens is 2. The number of hydrogen-bond acceptors (Lipinski definition) is 7. The molecule has 0 radical (unpaired) electrons. The fourth-order valence-corrected chi connectivity index (χ4v) is 2.89. The Kier molecular flexibility index (Phi) is 5.30. The van der Waals surface area contributed by atoms with E-state index in [1.807, 2.05) is 7.05 Å². The molecule has 0 amide bonds. The Balaban J connectivity index is 1.82. The summed E-state index contributed by atoms with van der Waals surface area (Å²) in [5.41, 5.74) is 0. The van der Waals surface area contributed by atoms with E-state index in [1.165, 1.54) is 0 Å². The van der Waals surface area contributed by atoms with E-state index in [-0.39, 0.29) is 6.61 Å². The number of nitrogens with zero attached hydrogens (tertiary/aromatic N) is 4. The van der Waals surface area contributed by atoms with Crippen molar-refractivity contribution in [3.8, 4) is 0 Å². The van der Waals surface area contributed by atoms with Crippen molar-refractivity contribution in [2.24, 2.45) is 0 Å². The zero-order valence-corrected chi connectivity index (χ0v) is 11.6. The van der Waals surface area contributed by atoms with Gasteiger partial charge in [0.1, 0.15) is 5.01 Å². The Morgan fingerprint density at radius 3 is 2.72 bits per heavy atom. The lowest BCUT2D eigenvalue weighted by Crippen LogP contribution is -2.32. The highest BCUT2D eigenvalue weighted by Crippen LogP contribution is 2.16. The standard InChI is InChI=1S/C11H21N5OS/c1-12-11-14-13-10(18-11)9-16-4-2-3-15(5-6-16)7-8-17/h17H,2-9H2,1H3,(H,12,14). The van der Waals surface area contributed by atoms with Gasteiger partial charge in [-0.1, -0.05) is 11.3 Å². The molecule has 1 aromatic heterocycles. The van der Waals surface area contributed by atoms with Crippen LogP contribution in [-0.2, 0) is 6.54 Å². The molecule has 1 aliphatic heterocycles. The Bertz CT molecular complexity index is 359. The van der Waals surface area contributed by atoms with E-state index in [9.17, 15) is 0 Å². The van der Waals surface area contributed by atoms with Crippen LogP contribution in [0.4, 0.5) is 5.13 Å². The summed E-state index contributed by atoms with van der Waals surface area (Å²) in [4.78, 5) is 4.73. The van der Waals surface area contributed by atoms with E-state index >= 15 is 0 Å². The molecule has 1 aromatic rings. The molecule has 0 unspecified atom stereocenters. The predicted molar refractivity (Wildman–Crippen MR) is 72.9 cm³/mol. The fourth-order valence-electron chi connectivity index (χ4n) is 2.16. The summed E-state index contributed by atoms with van der Waals surface area (Å²) in [6.07, 6.45) is 1.15. The third-order valence-electron chi connectivity index (χ3n) is 3.14. The molecule has 102 valence electrons. The predicted octanol–water partition coefficient (Wildman–Crippen LogP) is 0.0798. The summed E-state index contributed by atoms with van der Waals surface area (Å²) in [5, 5.41) is 22.1. The van der Waals surface area contributed by atoms with E-state index < -0.39 is 0 Å². The first-order valence-corrected chi connectivity index (χ1v) is 7.19. The molecule has 2 rings (SSSR count).